The molecule has 0 unspecified atom stereocenters. The van der Waals surface area contributed by atoms with Crippen molar-refractivity contribution in [3.8, 4) is 11.3 Å². The lowest BCUT2D eigenvalue weighted by Gasteiger charge is -2.43. The Kier molecular flexibility index (Phi) is 4.35. The van der Waals surface area contributed by atoms with Crippen molar-refractivity contribution in [2.75, 3.05) is 0 Å². The average Bonchev–Trinajstić information content (AvgIpc) is 2.89. The molecule has 1 saturated carbocycles. The van der Waals surface area contributed by atoms with E-state index in [0.717, 1.165) is 27.5 Å². The molecule has 0 radical (unpaired) electrons. The van der Waals surface area contributed by atoms with Crippen LogP contribution in [0.2, 0.25) is 0 Å². The Balaban J connectivity index is 1.42. The van der Waals surface area contributed by atoms with Gasteiger partial charge >= 0.3 is 0 Å². The molecule has 33 heavy (non-hydrogen) atoms. The van der Waals surface area contributed by atoms with Gasteiger partial charge in [-0.2, -0.15) is 0 Å². The van der Waals surface area contributed by atoms with Crippen molar-refractivity contribution >= 4 is 33.6 Å². The molecule has 2 aromatic heterocycles. The molecule has 0 amide bonds. The standard InChI is InChI=1S/C30H24N2S/c1-4-16-30(17-5-1)23-8-2-3-9-26(23)33-27-15-13-22(19-24(27)30)25-14-12-21-11-10-20-7-6-18-31-28(20)29(21)32-25/h2-3,6-15,18-19H,1,4-5,16-17H2. The quantitative estimate of drug-likeness (QED) is 0.244. The van der Waals surface area contributed by atoms with Crippen molar-refractivity contribution in [3.05, 3.63) is 96.2 Å². The highest BCUT2D eigenvalue weighted by Gasteiger charge is 2.41. The van der Waals surface area contributed by atoms with E-state index in [1.807, 2.05) is 24.0 Å². The van der Waals surface area contributed by atoms with Crippen LogP contribution < -0.4 is 0 Å². The molecule has 0 bridgehead atoms. The first-order valence-corrected chi connectivity index (χ1v) is 12.7. The van der Waals surface area contributed by atoms with E-state index in [0.29, 0.717) is 0 Å². The van der Waals surface area contributed by atoms with Gasteiger partial charge in [0.05, 0.1) is 16.7 Å². The SMILES string of the molecule is c1ccc2c(c1)Sc1ccc(-c3ccc4ccc5cccnc5c4n3)cc1C21CCCCC1. The highest BCUT2D eigenvalue weighted by atomic mass is 32.2. The Hall–Kier alpha value is -3.17. The molecule has 7 rings (SSSR count). The van der Waals surface area contributed by atoms with Crippen LogP contribution in [0.4, 0.5) is 0 Å². The van der Waals surface area contributed by atoms with Gasteiger partial charge in [0.25, 0.3) is 0 Å². The van der Waals surface area contributed by atoms with Gasteiger partial charge in [0.15, 0.2) is 0 Å². The van der Waals surface area contributed by atoms with Crippen LogP contribution in [0.25, 0.3) is 33.1 Å². The minimum atomic E-state index is 0.135. The molecule has 3 heterocycles. The fourth-order valence-electron chi connectivity index (χ4n) is 5.95. The number of fused-ring (bicyclic) bond motifs is 7. The summed E-state index contributed by atoms with van der Waals surface area (Å²) in [5.41, 5.74) is 7.35. The van der Waals surface area contributed by atoms with Crippen LogP contribution in [0.15, 0.2) is 94.9 Å². The summed E-state index contributed by atoms with van der Waals surface area (Å²) in [5.74, 6) is 0. The van der Waals surface area contributed by atoms with E-state index in [1.54, 1.807) is 0 Å². The zero-order chi connectivity index (χ0) is 21.8. The summed E-state index contributed by atoms with van der Waals surface area (Å²) in [6.07, 6.45) is 8.28. The monoisotopic (exact) mass is 444 g/mol. The van der Waals surface area contributed by atoms with Gasteiger partial charge in [-0.15, -0.1) is 0 Å². The van der Waals surface area contributed by atoms with Gasteiger partial charge < -0.3 is 0 Å². The second kappa shape index (κ2) is 7.43. The van der Waals surface area contributed by atoms with Crippen LogP contribution in [-0.2, 0) is 5.41 Å². The molecular formula is C30H24N2S. The Morgan fingerprint density at radius 2 is 1.45 bits per heavy atom. The number of hydrogen-bond donors (Lipinski definition) is 0. The van der Waals surface area contributed by atoms with Crippen molar-refractivity contribution in [1.82, 2.24) is 9.97 Å². The van der Waals surface area contributed by atoms with Crippen molar-refractivity contribution < 1.29 is 0 Å². The summed E-state index contributed by atoms with van der Waals surface area (Å²) in [4.78, 5) is 12.6. The molecule has 2 nitrogen and oxygen atoms in total. The number of aromatic nitrogens is 2. The molecule has 0 N–H and O–H groups in total. The molecule has 0 atom stereocenters. The first kappa shape index (κ1) is 19.3. The second-order valence-corrected chi connectivity index (χ2v) is 10.4. The normalized spacial score (nSPS) is 16.6. The molecule has 1 spiro atoms. The zero-order valence-corrected chi connectivity index (χ0v) is 19.2. The summed E-state index contributed by atoms with van der Waals surface area (Å²) < 4.78 is 0. The van der Waals surface area contributed by atoms with Crippen LogP contribution in [0.3, 0.4) is 0 Å². The molecule has 3 aromatic carbocycles. The molecule has 1 aliphatic carbocycles. The number of pyridine rings is 2. The first-order chi connectivity index (χ1) is 16.3. The minimum Gasteiger partial charge on any atom is -0.254 e. The average molecular weight is 445 g/mol. The second-order valence-electron chi connectivity index (χ2n) is 9.36. The lowest BCUT2D eigenvalue weighted by molar-refractivity contribution is 0.335. The van der Waals surface area contributed by atoms with Crippen LogP contribution in [0, 0.1) is 0 Å². The van der Waals surface area contributed by atoms with E-state index in [1.165, 1.54) is 58.6 Å². The molecule has 2 aliphatic rings. The third-order valence-electron chi connectivity index (χ3n) is 7.55. The van der Waals surface area contributed by atoms with Crippen molar-refractivity contribution in [3.63, 3.8) is 0 Å². The Morgan fingerprint density at radius 1 is 0.667 bits per heavy atom. The van der Waals surface area contributed by atoms with Gasteiger partial charge in [-0.1, -0.05) is 79.6 Å². The predicted molar refractivity (Wildman–Crippen MR) is 137 cm³/mol. The van der Waals surface area contributed by atoms with Crippen molar-refractivity contribution in [2.24, 2.45) is 0 Å². The van der Waals surface area contributed by atoms with Gasteiger partial charge in [-0.05, 0) is 54.3 Å². The van der Waals surface area contributed by atoms with Crippen molar-refractivity contribution in [2.45, 2.75) is 47.3 Å². The molecule has 160 valence electrons. The molecule has 1 aliphatic heterocycles. The highest BCUT2D eigenvalue weighted by Crippen LogP contribution is 2.55. The third-order valence-corrected chi connectivity index (χ3v) is 8.70. The maximum Gasteiger partial charge on any atom is 0.0972 e. The summed E-state index contributed by atoms with van der Waals surface area (Å²) in [6.45, 7) is 0. The van der Waals surface area contributed by atoms with Crippen LogP contribution >= 0.6 is 11.8 Å². The Morgan fingerprint density at radius 3 is 2.36 bits per heavy atom. The zero-order valence-electron chi connectivity index (χ0n) is 18.4. The number of hydrogen-bond acceptors (Lipinski definition) is 3. The molecule has 1 fully saturated rings. The summed E-state index contributed by atoms with van der Waals surface area (Å²) >= 11 is 1.93. The van der Waals surface area contributed by atoms with E-state index >= 15 is 0 Å². The van der Waals surface area contributed by atoms with E-state index in [9.17, 15) is 0 Å². The van der Waals surface area contributed by atoms with E-state index in [4.69, 9.17) is 4.98 Å². The predicted octanol–water partition coefficient (Wildman–Crippen LogP) is 8.16. The topological polar surface area (TPSA) is 25.8 Å². The van der Waals surface area contributed by atoms with Gasteiger partial charge in [0.2, 0.25) is 0 Å². The minimum absolute atomic E-state index is 0.135. The summed E-state index contributed by atoms with van der Waals surface area (Å²) in [7, 11) is 0. The fourth-order valence-corrected chi connectivity index (χ4v) is 7.20. The lowest BCUT2D eigenvalue weighted by atomic mass is 9.65. The van der Waals surface area contributed by atoms with Gasteiger partial charge in [-0.25, -0.2) is 4.98 Å². The lowest BCUT2D eigenvalue weighted by Crippen LogP contribution is -2.33. The molecule has 5 aromatic rings. The van der Waals surface area contributed by atoms with Gasteiger partial charge in [0, 0.05) is 37.7 Å². The van der Waals surface area contributed by atoms with Crippen LogP contribution in [-0.4, -0.2) is 9.97 Å². The maximum atomic E-state index is 5.13. The van der Waals surface area contributed by atoms with E-state index in [2.05, 4.69) is 77.8 Å². The third kappa shape index (κ3) is 2.95. The molecule has 0 saturated heterocycles. The Labute approximate surface area is 198 Å². The Bertz CT molecular complexity index is 1530. The first-order valence-electron chi connectivity index (χ1n) is 11.9. The summed E-state index contributed by atoms with van der Waals surface area (Å²) in [5, 5.41) is 2.27. The van der Waals surface area contributed by atoms with Crippen LogP contribution in [0.1, 0.15) is 43.2 Å². The number of nitrogens with zero attached hydrogens (tertiary/aromatic N) is 2. The largest absolute Gasteiger partial charge is 0.254 e. The highest BCUT2D eigenvalue weighted by molar-refractivity contribution is 7.99. The van der Waals surface area contributed by atoms with Crippen LogP contribution in [0.5, 0.6) is 0 Å². The molecular weight excluding hydrogens is 420 g/mol. The fraction of sp³-hybridized carbons (Fsp3) is 0.200. The van der Waals surface area contributed by atoms with E-state index < -0.39 is 0 Å². The number of rotatable bonds is 1. The molecule has 3 heteroatoms. The van der Waals surface area contributed by atoms with Crippen molar-refractivity contribution in [1.29, 1.82) is 0 Å². The van der Waals surface area contributed by atoms with Gasteiger partial charge in [-0.3, -0.25) is 4.98 Å². The number of benzene rings is 3. The maximum absolute atomic E-state index is 5.13. The summed E-state index contributed by atoms with van der Waals surface area (Å²) in [6, 6.07) is 28.8. The smallest absolute Gasteiger partial charge is 0.0972 e. The van der Waals surface area contributed by atoms with Gasteiger partial charge in [0.1, 0.15) is 0 Å². The van der Waals surface area contributed by atoms with E-state index in [-0.39, 0.29) is 5.41 Å².